The predicted molar refractivity (Wildman–Crippen MR) is 103 cm³/mol. The average Bonchev–Trinajstić information content (AvgIpc) is 3.22. The Hall–Kier alpha value is -3.22. The molecule has 1 amide bonds. The summed E-state index contributed by atoms with van der Waals surface area (Å²) < 4.78 is 1.66. The number of nitrogens with zero attached hydrogens (tertiary/aromatic N) is 5. The first kappa shape index (κ1) is 17.2. The van der Waals surface area contributed by atoms with Crippen LogP contribution in [-0.4, -0.2) is 44.1 Å². The standard InChI is InChI=1S/C20H22N6O/c27-19(25-13-5-2-6-14-25)17-11-9-16(10-12-17)15-21-20-22-23-24-26(20)18-7-3-1-4-8-18/h1,3-4,7-12H,2,5-6,13-15H2,(H,21,22,24). The minimum atomic E-state index is 0.127. The summed E-state index contributed by atoms with van der Waals surface area (Å²) >= 11 is 0. The van der Waals surface area contributed by atoms with E-state index in [1.807, 2.05) is 59.5 Å². The molecule has 1 aliphatic rings. The summed E-state index contributed by atoms with van der Waals surface area (Å²) in [5, 5.41) is 15.1. The van der Waals surface area contributed by atoms with Gasteiger partial charge in [-0.3, -0.25) is 4.79 Å². The molecule has 1 saturated heterocycles. The second-order valence-electron chi connectivity index (χ2n) is 6.65. The minimum Gasteiger partial charge on any atom is -0.349 e. The van der Waals surface area contributed by atoms with Crippen molar-refractivity contribution in [1.82, 2.24) is 25.1 Å². The summed E-state index contributed by atoms with van der Waals surface area (Å²) in [6.07, 6.45) is 3.42. The molecule has 0 atom stereocenters. The van der Waals surface area contributed by atoms with Gasteiger partial charge in [-0.15, -0.1) is 0 Å². The van der Waals surface area contributed by atoms with E-state index < -0.39 is 0 Å². The number of carbonyl (C=O) groups excluding carboxylic acids is 1. The van der Waals surface area contributed by atoms with Crippen molar-refractivity contribution in [3.8, 4) is 5.69 Å². The zero-order valence-electron chi connectivity index (χ0n) is 15.1. The Morgan fingerprint density at radius 1 is 0.963 bits per heavy atom. The number of carbonyl (C=O) groups is 1. The monoisotopic (exact) mass is 362 g/mol. The van der Waals surface area contributed by atoms with Crippen LogP contribution >= 0.6 is 0 Å². The van der Waals surface area contributed by atoms with Crippen LogP contribution in [0.25, 0.3) is 5.69 Å². The third-order valence-corrected chi connectivity index (χ3v) is 4.77. The number of rotatable bonds is 5. The summed E-state index contributed by atoms with van der Waals surface area (Å²) in [4.78, 5) is 14.5. The average molecular weight is 362 g/mol. The molecule has 3 aromatic rings. The number of nitrogens with one attached hydrogen (secondary N) is 1. The lowest BCUT2D eigenvalue weighted by Crippen LogP contribution is -2.35. The Bertz CT molecular complexity index is 884. The first-order chi connectivity index (χ1) is 13.3. The molecule has 2 heterocycles. The van der Waals surface area contributed by atoms with Crippen LogP contribution in [0.15, 0.2) is 54.6 Å². The Balaban J connectivity index is 1.40. The molecule has 0 bridgehead atoms. The van der Waals surface area contributed by atoms with Crippen molar-refractivity contribution in [1.29, 1.82) is 0 Å². The van der Waals surface area contributed by atoms with Gasteiger partial charge >= 0.3 is 0 Å². The van der Waals surface area contributed by atoms with E-state index in [2.05, 4.69) is 20.8 Å². The zero-order chi connectivity index (χ0) is 18.5. The van der Waals surface area contributed by atoms with E-state index in [1.54, 1.807) is 4.68 Å². The molecular weight excluding hydrogens is 340 g/mol. The van der Waals surface area contributed by atoms with Crippen molar-refractivity contribution in [3.63, 3.8) is 0 Å². The molecule has 0 saturated carbocycles. The van der Waals surface area contributed by atoms with Gasteiger partial charge in [0.25, 0.3) is 5.91 Å². The Morgan fingerprint density at radius 2 is 1.70 bits per heavy atom. The quantitative estimate of drug-likeness (QED) is 0.755. The van der Waals surface area contributed by atoms with Crippen LogP contribution in [0, 0.1) is 0 Å². The molecule has 1 N–H and O–H groups in total. The van der Waals surface area contributed by atoms with E-state index in [9.17, 15) is 4.79 Å². The van der Waals surface area contributed by atoms with Crippen molar-refractivity contribution in [2.24, 2.45) is 0 Å². The van der Waals surface area contributed by atoms with Crippen LogP contribution in [-0.2, 0) is 6.54 Å². The number of piperidine rings is 1. The van der Waals surface area contributed by atoms with Crippen molar-refractivity contribution < 1.29 is 4.79 Å². The van der Waals surface area contributed by atoms with Crippen LogP contribution in [0.3, 0.4) is 0 Å². The van der Waals surface area contributed by atoms with E-state index in [1.165, 1.54) is 6.42 Å². The lowest BCUT2D eigenvalue weighted by Gasteiger charge is -2.26. The lowest BCUT2D eigenvalue weighted by molar-refractivity contribution is 0.0724. The van der Waals surface area contributed by atoms with Crippen LogP contribution in [0.5, 0.6) is 0 Å². The molecule has 2 aromatic carbocycles. The van der Waals surface area contributed by atoms with Crippen molar-refractivity contribution in [2.45, 2.75) is 25.8 Å². The highest BCUT2D eigenvalue weighted by Gasteiger charge is 2.17. The van der Waals surface area contributed by atoms with Crippen molar-refractivity contribution in [3.05, 3.63) is 65.7 Å². The van der Waals surface area contributed by atoms with Gasteiger partial charge in [0.2, 0.25) is 5.95 Å². The highest BCUT2D eigenvalue weighted by molar-refractivity contribution is 5.94. The summed E-state index contributed by atoms with van der Waals surface area (Å²) in [6, 6.07) is 17.5. The Labute approximate surface area is 158 Å². The van der Waals surface area contributed by atoms with Crippen molar-refractivity contribution >= 4 is 11.9 Å². The molecule has 0 unspecified atom stereocenters. The number of likely N-dealkylation sites (tertiary alicyclic amines) is 1. The molecule has 1 aromatic heterocycles. The number of anilines is 1. The highest BCUT2D eigenvalue weighted by atomic mass is 16.2. The first-order valence-electron chi connectivity index (χ1n) is 9.27. The topological polar surface area (TPSA) is 75.9 Å². The Morgan fingerprint density at radius 3 is 2.44 bits per heavy atom. The molecule has 138 valence electrons. The number of aromatic nitrogens is 4. The molecule has 4 rings (SSSR count). The van der Waals surface area contributed by atoms with Gasteiger partial charge < -0.3 is 10.2 Å². The molecule has 7 heteroatoms. The van der Waals surface area contributed by atoms with Gasteiger partial charge in [-0.25, -0.2) is 0 Å². The molecule has 1 fully saturated rings. The predicted octanol–water partition coefficient (Wildman–Crippen LogP) is 2.90. The number of tetrazole rings is 1. The van der Waals surface area contributed by atoms with Gasteiger partial charge in [0.05, 0.1) is 5.69 Å². The molecule has 0 spiro atoms. The summed E-state index contributed by atoms with van der Waals surface area (Å²) in [6.45, 7) is 2.31. The van der Waals surface area contributed by atoms with E-state index >= 15 is 0 Å². The number of para-hydroxylation sites is 1. The third kappa shape index (κ3) is 3.97. The van der Waals surface area contributed by atoms with E-state index in [0.29, 0.717) is 12.5 Å². The smallest absolute Gasteiger partial charge is 0.253 e. The maximum absolute atomic E-state index is 12.5. The number of benzene rings is 2. The van der Waals surface area contributed by atoms with Crippen LogP contribution in [0.1, 0.15) is 35.2 Å². The number of amides is 1. The summed E-state index contributed by atoms with van der Waals surface area (Å²) in [7, 11) is 0. The normalized spacial score (nSPS) is 14.1. The maximum atomic E-state index is 12.5. The van der Waals surface area contributed by atoms with E-state index in [4.69, 9.17) is 0 Å². The lowest BCUT2D eigenvalue weighted by atomic mass is 10.1. The fourth-order valence-electron chi connectivity index (χ4n) is 3.27. The summed E-state index contributed by atoms with van der Waals surface area (Å²) in [5.41, 5.74) is 2.70. The Kier molecular flexibility index (Phi) is 5.09. The third-order valence-electron chi connectivity index (χ3n) is 4.77. The van der Waals surface area contributed by atoms with Gasteiger partial charge in [0.15, 0.2) is 0 Å². The molecule has 1 aliphatic heterocycles. The maximum Gasteiger partial charge on any atom is 0.253 e. The van der Waals surface area contributed by atoms with Gasteiger partial charge in [-0.2, -0.15) is 4.68 Å². The minimum absolute atomic E-state index is 0.127. The number of hydrogen-bond donors (Lipinski definition) is 1. The van der Waals surface area contributed by atoms with Crippen LogP contribution in [0.2, 0.25) is 0 Å². The van der Waals surface area contributed by atoms with Gasteiger partial charge in [-0.05, 0) is 59.5 Å². The largest absolute Gasteiger partial charge is 0.349 e. The van der Waals surface area contributed by atoms with Crippen molar-refractivity contribution in [2.75, 3.05) is 18.4 Å². The molecular formula is C20H22N6O. The second-order valence-corrected chi connectivity index (χ2v) is 6.65. The first-order valence-corrected chi connectivity index (χ1v) is 9.27. The summed E-state index contributed by atoms with van der Waals surface area (Å²) in [5.74, 6) is 0.705. The fraction of sp³-hybridized carbons (Fsp3) is 0.300. The fourth-order valence-corrected chi connectivity index (χ4v) is 3.27. The van der Waals surface area contributed by atoms with Crippen LogP contribution < -0.4 is 5.32 Å². The second kappa shape index (κ2) is 7.99. The van der Waals surface area contributed by atoms with Gasteiger partial charge in [-0.1, -0.05) is 35.4 Å². The van der Waals surface area contributed by atoms with Gasteiger partial charge in [0.1, 0.15) is 0 Å². The zero-order valence-corrected chi connectivity index (χ0v) is 15.1. The van der Waals surface area contributed by atoms with E-state index in [0.717, 1.165) is 42.7 Å². The number of hydrogen-bond acceptors (Lipinski definition) is 5. The van der Waals surface area contributed by atoms with Crippen LogP contribution in [0.4, 0.5) is 5.95 Å². The molecule has 27 heavy (non-hydrogen) atoms. The molecule has 0 radical (unpaired) electrons. The highest BCUT2D eigenvalue weighted by Crippen LogP contribution is 2.15. The van der Waals surface area contributed by atoms with E-state index in [-0.39, 0.29) is 5.91 Å². The van der Waals surface area contributed by atoms with Gasteiger partial charge in [0, 0.05) is 25.2 Å². The molecule has 7 nitrogen and oxygen atoms in total. The molecule has 0 aliphatic carbocycles. The SMILES string of the molecule is O=C(c1ccc(CNc2nnnn2-c2ccccc2)cc1)N1CCCCC1.